The third kappa shape index (κ3) is 2.77. The van der Waals surface area contributed by atoms with Gasteiger partial charge >= 0.3 is 0 Å². The van der Waals surface area contributed by atoms with E-state index in [1.54, 1.807) is 7.11 Å². The highest BCUT2D eigenvalue weighted by Crippen LogP contribution is 2.41. The third-order valence-corrected chi connectivity index (χ3v) is 4.77. The van der Waals surface area contributed by atoms with Crippen molar-refractivity contribution >= 4 is 11.6 Å². The van der Waals surface area contributed by atoms with Gasteiger partial charge in [0.25, 0.3) is 0 Å². The van der Waals surface area contributed by atoms with Crippen molar-refractivity contribution in [3.63, 3.8) is 0 Å². The minimum Gasteiger partial charge on any atom is -0.370 e. The molecule has 2 rings (SSSR count). The Morgan fingerprint density at radius 2 is 1.95 bits per heavy atom. The number of aryl methyl sites for hydroxylation is 1. The molecule has 1 aliphatic carbocycles. The van der Waals surface area contributed by atoms with Crippen molar-refractivity contribution in [2.75, 3.05) is 7.11 Å². The lowest BCUT2D eigenvalue weighted by molar-refractivity contribution is -0.0598. The van der Waals surface area contributed by atoms with Gasteiger partial charge in [0.2, 0.25) is 0 Å². The lowest BCUT2D eigenvalue weighted by atomic mass is 9.79. The van der Waals surface area contributed by atoms with Gasteiger partial charge in [-0.2, -0.15) is 0 Å². The summed E-state index contributed by atoms with van der Waals surface area (Å²) in [4.78, 5) is 9.23. The van der Waals surface area contributed by atoms with Gasteiger partial charge in [-0.25, -0.2) is 9.97 Å². The molecule has 0 spiro atoms. The maximum absolute atomic E-state index is 6.26. The minimum atomic E-state index is -0.340. The summed E-state index contributed by atoms with van der Waals surface area (Å²) in [6.07, 6.45) is 5.14. The van der Waals surface area contributed by atoms with Gasteiger partial charge in [-0.15, -0.1) is 0 Å². The molecule has 0 saturated heterocycles. The fraction of sp³-hybridized carbons (Fsp3) is 0.733. The van der Waals surface area contributed by atoms with Crippen LogP contribution in [0.15, 0.2) is 0 Å². The van der Waals surface area contributed by atoms with Gasteiger partial charge < -0.3 is 4.74 Å². The summed E-state index contributed by atoms with van der Waals surface area (Å²) in [6, 6.07) is 0. The molecular weight excluding hydrogens is 260 g/mol. The van der Waals surface area contributed by atoms with Crippen molar-refractivity contribution in [2.45, 2.75) is 58.5 Å². The predicted molar refractivity (Wildman–Crippen MR) is 77.5 cm³/mol. The Labute approximate surface area is 120 Å². The monoisotopic (exact) mass is 282 g/mol. The molecule has 1 heterocycles. The standard InChI is InChI=1S/C15H23ClN2O/c1-5-12-11(3)13(16)18-14(17-12)15(19-4)8-6-10(2)7-9-15/h10H,5-9H2,1-4H3. The van der Waals surface area contributed by atoms with E-state index < -0.39 is 0 Å². The first-order valence-electron chi connectivity index (χ1n) is 7.11. The van der Waals surface area contributed by atoms with E-state index >= 15 is 0 Å². The first-order chi connectivity index (χ1) is 9.02. The zero-order chi connectivity index (χ0) is 14.0. The van der Waals surface area contributed by atoms with E-state index in [1.165, 1.54) is 0 Å². The number of aromatic nitrogens is 2. The van der Waals surface area contributed by atoms with Crippen LogP contribution >= 0.6 is 11.6 Å². The van der Waals surface area contributed by atoms with Gasteiger partial charge in [-0.1, -0.05) is 25.4 Å². The molecule has 3 nitrogen and oxygen atoms in total. The van der Waals surface area contributed by atoms with Gasteiger partial charge in [-0.05, 0) is 44.9 Å². The zero-order valence-electron chi connectivity index (χ0n) is 12.3. The van der Waals surface area contributed by atoms with Crippen LogP contribution in [0.5, 0.6) is 0 Å². The van der Waals surface area contributed by atoms with Crippen LogP contribution in [0.4, 0.5) is 0 Å². The van der Waals surface area contributed by atoms with Crippen LogP contribution in [0.1, 0.15) is 56.6 Å². The molecule has 0 bridgehead atoms. The maximum Gasteiger partial charge on any atom is 0.162 e. The molecule has 0 aliphatic heterocycles. The SMILES string of the molecule is CCc1nc(C2(OC)CCC(C)CC2)nc(Cl)c1C. The molecule has 19 heavy (non-hydrogen) atoms. The molecule has 106 valence electrons. The van der Waals surface area contributed by atoms with Crippen LogP contribution < -0.4 is 0 Å². The van der Waals surface area contributed by atoms with Crippen molar-refractivity contribution in [2.24, 2.45) is 5.92 Å². The normalized spacial score (nSPS) is 27.5. The Morgan fingerprint density at radius 3 is 2.47 bits per heavy atom. The average Bonchev–Trinajstić information content (AvgIpc) is 2.43. The van der Waals surface area contributed by atoms with E-state index in [-0.39, 0.29) is 5.60 Å². The topological polar surface area (TPSA) is 35.0 Å². The van der Waals surface area contributed by atoms with Crippen LogP contribution in [-0.4, -0.2) is 17.1 Å². The number of hydrogen-bond acceptors (Lipinski definition) is 3. The fourth-order valence-corrected chi connectivity index (χ4v) is 3.02. The fourth-order valence-electron chi connectivity index (χ4n) is 2.83. The van der Waals surface area contributed by atoms with Crippen molar-refractivity contribution in [3.05, 3.63) is 22.2 Å². The van der Waals surface area contributed by atoms with Crippen molar-refractivity contribution in [1.82, 2.24) is 9.97 Å². The Bertz CT molecular complexity index is 454. The van der Waals surface area contributed by atoms with Crippen LogP contribution in [0.25, 0.3) is 0 Å². The first kappa shape index (κ1) is 14.7. The molecule has 0 unspecified atom stereocenters. The Morgan fingerprint density at radius 1 is 1.32 bits per heavy atom. The van der Waals surface area contributed by atoms with E-state index in [0.29, 0.717) is 5.15 Å². The molecule has 1 saturated carbocycles. The smallest absolute Gasteiger partial charge is 0.162 e. The molecule has 0 atom stereocenters. The van der Waals surface area contributed by atoms with Crippen LogP contribution in [-0.2, 0) is 16.8 Å². The van der Waals surface area contributed by atoms with Crippen LogP contribution in [0, 0.1) is 12.8 Å². The lowest BCUT2D eigenvalue weighted by Gasteiger charge is -2.37. The summed E-state index contributed by atoms with van der Waals surface area (Å²) in [5, 5.41) is 0.567. The molecule has 0 N–H and O–H groups in total. The summed E-state index contributed by atoms with van der Waals surface area (Å²) < 4.78 is 5.82. The largest absolute Gasteiger partial charge is 0.370 e. The number of ether oxygens (including phenoxy) is 1. The molecule has 0 radical (unpaired) electrons. The minimum absolute atomic E-state index is 0.340. The molecule has 1 aliphatic rings. The van der Waals surface area contributed by atoms with E-state index in [0.717, 1.165) is 55.1 Å². The van der Waals surface area contributed by atoms with Crippen molar-refractivity contribution in [1.29, 1.82) is 0 Å². The molecule has 4 heteroatoms. The summed E-state index contributed by atoms with van der Waals surface area (Å²) in [5.41, 5.74) is 1.68. The highest BCUT2D eigenvalue weighted by atomic mass is 35.5. The van der Waals surface area contributed by atoms with Gasteiger partial charge in [0.1, 0.15) is 10.8 Å². The van der Waals surface area contributed by atoms with E-state index in [9.17, 15) is 0 Å². The van der Waals surface area contributed by atoms with E-state index in [1.807, 2.05) is 6.92 Å². The molecule has 1 aromatic heterocycles. The number of rotatable bonds is 3. The first-order valence-corrected chi connectivity index (χ1v) is 7.49. The van der Waals surface area contributed by atoms with E-state index in [2.05, 4.69) is 18.8 Å². The number of halogens is 1. The second-order valence-electron chi connectivity index (χ2n) is 5.64. The highest BCUT2D eigenvalue weighted by molar-refractivity contribution is 6.30. The molecule has 1 fully saturated rings. The Balaban J connectivity index is 2.41. The number of nitrogens with zero attached hydrogens (tertiary/aromatic N) is 2. The zero-order valence-corrected chi connectivity index (χ0v) is 13.0. The second kappa shape index (κ2) is 5.76. The summed E-state index contributed by atoms with van der Waals surface area (Å²) in [6.45, 7) is 6.37. The van der Waals surface area contributed by atoms with E-state index in [4.69, 9.17) is 21.3 Å². The van der Waals surface area contributed by atoms with Crippen LogP contribution in [0.2, 0.25) is 5.15 Å². The maximum atomic E-state index is 6.26. The summed E-state index contributed by atoms with van der Waals surface area (Å²) >= 11 is 6.26. The lowest BCUT2D eigenvalue weighted by Crippen LogP contribution is -2.35. The summed E-state index contributed by atoms with van der Waals surface area (Å²) in [7, 11) is 1.76. The Kier molecular flexibility index (Phi) is 4.46. The molecule has 1 aromatic rings. The van der Waals surface area contributed by atoms with Crippen molar-refractivity contribution in [3.8, 4) is 0 Å². The van der Waals surface area contributed by atoms with Crippen molar-refractivity contribution < 1.29 is 4.74 Å². The molecule has 0 amide bonds. The summed E-state index contributed by atoms with van der Waals surface area (Å²) in [5.74, 6) is 1.53. The van der Waals surface area contributed by atoms with Crippen LogP contribution in [0.3, 0.4) is 0 Å². The second-order valence-corrected chi connectivity index (χ2v) is 6.00. The number of methoxy groups -OCH3 is 1. The van der Waals surface area contributed by atoms with Gasteiger partial charge in [-0.3, -0.25) is 0 Å². The Hall–Kier alpha value is -0.670. The molecular formula is C15H23ClN2O. The average molecular weight is 283 g/mol. The third-order valence-electron chi connectivity index (χ3n) is 4.40. The number of hydrogen-bond donors (Lipinski definition) is 0. The molecule has 0 aromatic carbocycles. The van der Waals surface area contributed by atoms with Gasteiger partial charge in [0, 0.05) is 18.4 Å². The predicted octanol–water partition coefficient (Wildman–Crippen LogP) is 4.05. The quantitative estimate of drug-likeness (QED) is 0.785. The van der Waals surface area contributed by atoms with Gasteiger partial charge in [0.15, 0.2) is 5.82 Å². The highest BCUT2D eigenvalue weighted by Gasteiger charge is 2.39. The van der Waals surface area contributed by atoms with Gasteiger partial charge in [0.05, 0.1) is 0 Å².